The lowest BCUT2D eigenvalue weighted by Crippen LogP contribution is -2.29. The first-order valence-corrected chi connectivity index (χ1v) is 8.65. The number of amides is 1. The van der Waals surface area contributed by atoms with Crippen LogP contribution in [0.1, 0.15) is 58.7 Å². The van der Waals surface area contributed by atoms with E-state index in [0.717, 1.165) is 22.4 Å². The lowest BCUT2D eigenvalue weighted by molar-refractivity contribution is 0.0729. The standard InChI is InChI=1S/C21H21N3O/c1-14(2)18-17-19(23-22-18)21(25)24(13-15-9-5-3-6-10-15)20(17)16-11-7-4-8-12-16/h3-12,14,20H,13H2,1-2H3,(H,22,23). The van der Waals surface area contributed by atoms with Gasteiger partial charge in [0.05, 0.1) is 6.04 Å². The first-order chi connectivity index (χ1) is 12.2. The quantitative estimate of drug-likeness (QED) is 0.776. The van der Waals surface area contributed by atoms with Gasteiger partial charge in [0, 0.05) is 17.8 Å². The third-order valence-corrected chi connectivity index (χ3v) is 4.77. The summed E-state index contributed by atoms with van der Waals surface area (Å²) in [5.41, 5.74) is 4.88. The van der Waals surface area contributed by atoms with Crippen LogP contribution < -0.4 is 0 Å². The van der Waals surface area contributed by atoms with Crippen molar-refractivity contribution < 1.29 is 4.79 Å². The van der Waals surface area contributed by atoms with E-state index in [9.17, 15) is 4.79 Å². The zero-order valence-corrected chi connectivity index (χ0v) is 14.4. The van der Waals surface area contributed by atoms with Crippen molar-refractivity contribution in [2.75, 3.05) is 0 Å². The molecular weight excluding hydrogens is 310 g/mol. The maximum Gasteiger partial charge on any atom is 0.275 e. The fraction of sp³-hybridized carbons (Fsp3) is 0.238. The number of nitrogens with one attached hydrogen (secondary N) is 1. The van der Waals surface area contributed by atoms with Gasteiger partial charge >= 0.3 is 0 Å². The van der Waals surface area contributed by atoms with Gasteiger partial charge in [-0.1, -0.05) is 74.5 Å². The summed E-state index contributed by atoms with van der Waals surface area (Å²) in [5.74, 6) is 0.280. The average Bonchev–Trinajstić information content (AvgIpc) is 3.17. The highest BCUT2D eigenvalue weighted by Crippen LogP contribution is 2.42. The third kappa shape index (κ3) is 2.64. The van der Waals surface area contributed by atoms with E-state index in [1.54, 1.807) is 0 Å². The molecule has 0 bridgehead atoms. The lowest BCUT2D eigenvalue weighted by Gasteiger charge is -2.27. The molecule has 0 saturated heterocycles. The Balaban J connectivity index is 1.82. The Morgan fingerprint density at radius 2 is 1.68 bits per heavy atom. The van der Waals surface area contributed by atoms with Crippen LogP contribution in [0, 0.1) is 0 Å². The molecule has 0 spiro atoms. The maximum atomic E-state index is 13.1. The summed E-state index contributed by atoms with van der Waals surface area (Å²) in [7, 11) is 0. The van der Waals surface area contributed by atoms with Crippen molar-refractivity contribution >= 4 is 5.91 Å². The normalized spacial score (nSPS) is 16.5. The molecule has 1 aliphatic heterocycles. The number of hydrogen-bond acceptors (Lipinski definition) is 2. The smallest absolute Gasteiger partial charge is 0.275 e. The largest absolute Gasteiger partial charge is 0.322 e. The number of fused-ring (bicyclic) bond motifs is 1. The molecule has 1 aromatic heterocycles. The molecule has 1 N–H and O–H groups in total. The first kappa shape index (κ1) is 15.6. The number of rotatable bonds is 4. The number of benzene rings is 2. The Bertz CT molecular complexity index is 884. The number of aromatic amines is 1. The van der Waals surface area contributed by atoms with E-state index in [1.807, 2.05) is 41.3 Å². The average molecular weight is 331 g/mol. The highest BCUT2D eigenvalue weighted by molar-refractivity contribution is 5.98. The van der Waals surface area contributed by atoms with E-state index in [1.165, 1.54) is 0 Å². The monoisotopic (exact) mass is 331 g/mol. The minimum Gasteiger partial charge on any atom is -0.322 e. The summed E-state index contributed by atoms with van der Waals surface area (Å²) >= 11 is 0. The van der Waals surface area contributed by atoms with Crippen LogP contribution in [0.2, 0.25) is 0 Å². The fourth-order valence-corrected chi connectivity index (χ4v) is 3.58. The first-order valence-electron chi connectivity index (χ1n) is 8.65. The Kier molecular flexibility index (Phi) is 3.88. The van der Waals surface area contributed by atoms with Crippen molar-refractivity contribution in [2.45, 2.75) is 32.4 Å². The summed E-state index contributed by atoms with van der Waals surface area (Å²) in [5, 5.41) is 7.44. The summed E-state index contributed by atoms with van der Waals surface area (Å²) in [6, 6.07) is 20.2. The molecule has 126 valence electrons. The fourth-order valence-electron chi connectivity index (χ4n) is 3.58. The second-order valence-corrected chi connectivity index (χ2v) is 6.79. The number of carbonyl (C=O) groups is 1. The Morgan fingerprint density at radius 1 is 1.04 bits per heavy atom. The minimum atomic E-state index is -0.0972. The molecule has 1 aliphatic rings. The van der Waals surface area contributed by atoms with E-state index in [4.69, 9.17) is 0 Å². The molecule has 25 heavy (non-hydrogen) atoms. The van der Waals surface area contributed by atoms with Gasteiger partial charge < -0.3 is 4.90 Å². The predicted octanol–water partition coefficient (Wildman–Crippen LogP) is 4.28. The number of H-pyrrole nitrogens is 1. The highest BCUT2D eigenvalue weighted by atomic mass is 16.2. The summed E-state index contributed by atoms with van der Waals surface area (Å²) in [4.78, 5) is 15.0. The predicted molar refractivity (Wildman–Crippen MR) is 97.3 cm³/mol. The van der Waals surface area contributed by atoms with Crippen LogP contribution in [0.15, 0.2) is 60.7 Å². The van der Waals surface area contributed by atoms with E-state index < -0.39 is 0 Å². The molecule has 4 heteroatoms. The van der Waals surface area contributed by atoms with Crippen LogP contribution in [-0.4, -0.2) is 21.0 Å². The van der Waals surface area contributed by atoms with Gasteiger partial charge in [0.1, 0.15) is 0 Å². The maximum absolute atomic E-state index is 13.1. The van der Waals surface area contributed by atoms with Crippen molar-refractivity contribution in [2.24, 2.45) is 0 Å². The second-order valence-electron chi connectivity index (χ2n) is 6.79. The van der Waals surface area contributed by atoms with Crippen LogP contribution in [0.25, 0.3) is 0 Å². The Morgan fingerprint density at radius 3 is 2.32 bits per heavy atom. The molecule has 2 aromatic carbocycles. The number of carbonyl (C=O) groups excluding carboxylic acids is 1. The van der Waals surface area contributed by atoms with Crippen molar-refractivity contribution in [3.8, 4) is 0 Å². The van der Waals surface area contributed by atoms with Gasteiger partial charge in [-0.25, -0.2) is 0 Å². The van der Waals surface area contributed by atoms with Gasteiger partial charge in [0.2, 0.25) is 0 Å². The van der Waals surface area contributed by atoms with Crippen molar-refractivity contribution in [1.82, 2.24) is 15.1 Å². The molecule has 1 amide bonds. The van der Waals surface area contributed by atoms with E-state index in [2.05, 4.69) is 48.3 Å². The number of aromatic nitrogens is 2. The molecule has 0 fully saturated rings. The van der Waals surface area contributed by atoms with Crippen LogP contribution >= 0.6 is 0 Å². The van der Waals surface area contributed by atoms with Gasteiger partial charge in [0.15, 0.2) is 5.69 Å². The van der Waals surface area contributed by atoms with Crippen LogP contribution in [0.5, 0.6) is 0 Å². The van der Waals surface area contributed by atoms with Crippen molar-refractivity contribution in [3.05, 3.63) is 88.7 Å². The van der Waals surface area contributed by atoms with Gasteiger partial charge in [-0.05, 0) is 17.0 Å². The molecule has 3 aromatic rings. The zero-order chi connectivity index (χ0) is 17.4. The second kappa shape index (κ2) is 6.20. The number of hydrogen-bond donors (Lipinski definition) is 1. The van der Waals surface area contributed by atoms with Gasteiger partial charge in [-0.15, -0.1) is 0 Å². The molecule has 0 aliphatic carbocycles. The summed E-state index contributed by atoms with van der Waals surface area (Å²) in [6.45, 7) is 4.83. The van der Waals surface area contributed by atoms with Gasteiger partial charge in [-0.2, -0.15) is 5.10 Å². The molecule has 4 nitrogen and oxygen atoms in total. The molecule has 1 atom stereocenters. The Hall–Kier alpha value is -2.88. The molecule has 0 radical (unpaired) electrons. The highest BCUT2D eigenvalue weighted by Gasteiger charge is 2.42. The molecule has 0 saturated carbocycles. The minimum absolute atomic E-state index is 0.00384. The van der Waals surface area contributed by atoms with Crippen LogP contribution in [-0.2, 0) is 6.54 Å². The lowest BCUT2D eigenvalue weighted by atomic mass is 9.95. The van der Waals surface area contributed by atoms with Crippen LogP contribution in [0.3, 0.4) is 0 Å². The SMILES string of the molecule is CC(C)c1[nH]nc2c1C(c1ccccc1)N(Cc1ccccc1)C2=O. The molecule has 2 heterocycles. The Labute approximate surface area is 147 Å². The molecule has 4 rings (SSSR count). The van der Waals surface area contributed by atoms with Gasteiger partial charge in [-0.3, -0.25) is 9.89 Å². The summed E-state index contributed by atoms with van der Waals surface area (Å²) in [6.07, 6.45) is 0. The van der Waals surface area contributed by atoms with E-state index in [-0.39, 0.29) is 17.9 Å². The van der Waals surface area contributed by atoms with E-state index in [0.29, 0.717) is 12.2 Å². The van der Waals surface area contributed by atoms with Crippen LogP contribution in [0.4, 0.5) is 0 Å². The summed E-state index contributed by atoms with van der Waals surface area (Å²) < 4.78 is 0. The third-order valence-electron chi connectivity index (χ3n) is 4.77. The van der Waals surface area contributed by atoms with Crippen molar-refractivity contribution in [3.63, 3.8) is 0 Å². The van der Waals surface area contributed by atoms with E-state index >= 15 is 0 Å². The number of nitrogens with zero attached hydrogens (tertiary/aromatic N) is 2. The van der Waals surface area contributed by atoms with Crippen molar-refractivity contribution in [1.29, 1.82) is 0 Å². The topological polar surface area (TPSA) is 49.0 Å². The zero-order valence-electron chi connectivity index (χ0n) is 14.4. The van der Waals surface area contributed by atoms with Gasteiger partial charge in [0.25, 0.3) is 5.91 Å². The molecule has 1 unspecified atom stereocenters. The molecular formula is C21H21N3O.